The number of pyridine rings is 1. The summed E-state index contributed by atoms with van der Waals surface area (Å²) >= 11 is 0. The normalized spacial score (nSPS) is 25.0. The number of hydrogen-bond donors (Lipinski definition) is 0. The summed E-state index contributed by atoms with van der Waals surface area (Å²) in [6.45, 7) is 12.5. The molecule has 202 valence electrons. The lowest BCUT2D eigenvalue weighted by atomic mass is 9.82. The van der Waals surface area contributed by atoms with Crippen molar-refractivity contribution in [3.05, 3.63) is 48.4 Å². The van der Waals surface area contributed by atoms with Crippen LogP contribution in [0.15, 0.2) is 42.9 Å². The van der Waals surface area contributed by atoms with Crippen LogP contribution in [0, 0.1) is 11.8 Å². The Morgan fingerprint density at radius 3 is 2.45 bits per heavy atom. The fourth-order valence-corrected chi connectivity index (χ4v) is 6.69. The molecular weight excluding hydrogens is 472 g/mol. The highest BCUT2D eigenvalue weighted by Crippen LogP contribution is 2.32. The molecule has 3 aliphatic rings. The van der Waals surface area contributed by atoms with E-state index in [4.69, 9.17) is 4.98 Å². The zero-order valence-electron chi connectivity index (χ0n) is 23.2. The summed E-state index contributed by atoms with van der Waals surface area (Å²) in [6.07, 6.45) is 11.7. The highest BCUT2D eigenvalue weighted by molar-refractivity contribution is 5.81. The van der Waals surface area contributed by atoms with Crippen LogP contribution < -0.4 is 4.90 Å². The molecule has 3 aromatic rings. The van der Waals surface area contributed by atoms with Gasteiger partial charge in [-0.1, -0.05) is 13.0 Å². The molecule has 0 radical (unpaired) electrons. The number of likely N-dealkylation sites (tertiary alicyclic amines) is 1. The van der Waals surface area contributed by atoms with E-state index in [9.17, 15) is 4.79 Å². The first-order chi connectivity index (χ1) is 18.5. The molecule has 3 aromatic heterocycles. The Hall–Kier alpha value is -2.93. The van der Waals surface area contributed by atoms with E-state index in [0.717, 1.165) is 68.3 Å². The van der Waals surface area contributed by atoms with E-state index in [1.165, 1.54) is 37.1 Å². The van der Waals surface area contributed by atoms with Crippen LogP contribution in [0.4, 0.5) is 5.69 Å². The van der Waals surface area contributed by atoms with Gasteiger partial charge in [0.05, 0.1) is 16.9 Å². The minimum atomic E-state index is 0.236. The van der Waals surface area contributed by atoms with Crippen molar-refractivity contribution in [3.8, 4) is 11.3 Å². The van der Waals surface area contributed by atoms with Crippen LogP contribution in [0.5, 0.6) is 0 Å². The lowest BCUT2D eigenvalue weighted by Crippen LogP contribution is -2.50. The summed E-state index contributed by atoms with van der Waals surface area (Å²) in [4.78, 5) is 25.0. The maximum Gasteiger partial charge on any atom is 0.225 e. The molecule has 7 heteroatoms. The number of aromatic nitrogens is 3. The van der Waals surface area contributed by atoms with Crippen LogP contribution in [0.1, 0.15) is 64.4 Å². The molecule has 1 atom stereocenters. The Morgan fingerprint density at radius 2 is 1.76 bits per heavy atom. The molecule has 1 aliphatic carbocycles. The molecule has 2 aliphatic heterocycles. The van der Waals surface area contributed by atoms with Crippen molar-refractivity contribution in [3.63, 3.8) is 0 Å². The van der Waals surface area contributed by atoms with Crippen LogP contribution in [0.2, 0.25) is 0 Å². The van der Waals surface area contributed by atoms with Gasteiger partial charge in [0, 0.05) is 68.8 Å². The minimum absolute atomic E-state index is 0.236. The Balaban J connectivity index is 1.13. The number of hydrogen-bond acceptors (Lipinski definition) is 5. The van der Waals surface area contributed by atoms with Crippen molar-refractivity contribution in [1.82, 2.24) is 24.4 Å². The summed E-state index contributed by atoms with van der Waals surface area (Å²) in [7, 11) is 0. The third-order valence-electron chi connectivity index (χ3n) is 9.29. The molecule has 6 rings (SSSR count). The van der Waals surface area contributed by atoms with E-state index in [1.54, 1.807) is 0 Å². The lowest BCUT2D eigenvalue weighted by molar-refractivity contribution is -0.137. The van der Waals surface area contributed by atoms with Gasteiger partial charge in [-0.25, -0.2) is 4.52 Å². The zero-order valence-corrected chi connectivity index (χ0v) is 23.2. The molecule has 0 aromatic carbocycles. The number of anilines is 1. The predicted molar refractivity (Wildman–Crippen MR) is 152 cm³/mol. The summed E-state index contributed by atoms with van der Waals surface area (Å²) < 4.78 is 1.97. The molecule has 0 bridgehead atoms. The molecule has 3 fully saturated rings. The van der Waals surface area contributed by atoms with Crippen molar-refractivity contribution >= 4 is 17.1 Å². The van der Waals surface area contributed by atoms with Crippen LogP contribution in [-0.2, 0) is 4.79 Å². The molecule has 7 nitrogen and oxygen atoms in total. The molecule has 1 saturated carbocycles. The smallest absolute Gasteiger partial charge is 0.225 e. The highest BCUT2D eigenvalue weighted by Gasteiger charge is 2.30. The Bertz CT molecular complexity index is 1250. The first kappa shape index (κ1) is 25.4. The number of fused-ring (bicyclic) bond motifs is 1. The summed E-state index contributed by atoms with van der Waals surface area (Å²) in [6, 6.07) is 9.35. The van der Waals surface area contributed by atoms with Gasteiger partial charge >= 0.3 is 0 Å². The van der Waals surface area contributed by atoms with Crippen molar-refractivity contribution in [2.24, 2.45) is 11.8 Å². The van der Waals surface area contributed by atoms with Crippen LogP contribution >= 0.6 is 0 Å². The van der Waals surface area contributed by atoms with Crippen molar-refractivity contribution in [2.45, 2.75) is 64.8 Å². The van der Waals surface area contributed by atoms with Crippen LogP contribution in [0.3, 0.4) is 0 Å². The predicted octanol–water partition coefficient (Wildman–Crippen LogP) is 5.07. The number of carbonyl (C=O) groups excluding carboxylic acids is 1. The quantitative estimate of drug-likeness (QED) is 0.476. The lowest BCUT2D eigenvalue weighted by Gasteiger charge is -2.38. The molecule has 5 heterocycles. The number of rotatable bonds is 5. The van der Waals surface area contributed by atoms with E-state index in [-0.39, 0.29) is 5.92 Å². The summed E-state index contributed by atoms with van der Waals surface area (Å²) in [5.74, 6) is 1.96. The molecule has 0 spiro atoms. The maximum absolute atomic E-state index is 13.1. The third-order valence-corrected chi connectivity index (χ3v) is 9.29. The first-order valence-electron chi connectivity index (χ1n) is 14.7. The van der Waals surface area contributed by atoms with Gasteiger partial charge in [-0.3, -0.25) is 9.78 Å². The number of amides is 1. The van der Waals surface area contributed by atoms with E-state index < -0.39 is 0 Å². The molecule has 2 saturated heterocycles. The third kappa shape index (κ3) is 5.05. The SMILES string of the molecule is CC(C)N1CC[C@H](c2ccc(-c3cc4c(N5CCN(C(=O)[C@H]6CC[C@H](C)CC6)CC5)ccnn4c3)nc2)C1. The first-order valence-corrected chi connectivity index (χ1v) is 14.7. The standard InChI is InChI=1S/C31H42N6O/c1-22(2)36-13-11-26(20-36)25-8-9-28(32-19-25)27-18-30-29(10-12-33-37(30)21-27)34-14-16-35(17-15-34)31(38)24-6-4-23(3)5-7-24/h8-10,12,18-19,21-24,26H,4-7,11,13-17,20H2,1-3H3/t23-,24-,26-/m0/s1. The number of carbonyl (C=O) groups is 1. The van der Waals surface area contributed by atoms with E-state index in [2.05, 4.69) is 77.2 Å². The largest absolute Gasteiger partial charge is 0.366 e. The summed E-state index contributed by atoms with van der Waals surface area (Å²) in [5.41, 5.74) is 5.70. The van der Waals surface area contributed by atoms with Gasteiger partial charge < -0.3 is 14.7 Å². The average molecular weight is 515 g/mol. The number of nitrogens with zero attached hydrogens (tertiary/aromatic N) is 6. The zero-order chi connectivity index (χ0) is 26.2. The van der Waals surface area contributed by atoms with E-state index >= 15 is 0 Å². The molecule has 0 N–H and O–H groups in total. The van der Waals surface area contributed by atoms with Gasteiger partial charge in [-0.05, 0) is 88.1 Å². The second kappa shape index (κ2) is 10.7. The summed E-state index contributed by atoms with van der Waals surface area (Å²) in [5, 5.41) is 4.59. The molecule has 0 unspecified atom stereocenters. The monoisotopic (exact) mass is 514 g/mol. The van der Waals surface area contributed by atoms with Crippen LogP contribution in [-0.4, -0.2) is 75.6 Å². The van der Waals surface area contributed by atoms with Gasteiger partial charge in [-0.2, -0.15) is 5.10 Å². The Kier molecular flexibility index (Phi) is 7.12. The number of piperazine rings is 1. The minimum Gasteiger partial charge on any atom is -0.366 e. The molecule has 1 amide bonds. The van der Waals surface area contributed by atoms with E-state index in [1.807, 2.05) is 10.7 Å². The van der Waals surface area contributed by atoms with Crippen molar-refractivity contribution in [2.75, 3.05) is 44.2 Å². The van der Waals surface area contributed by atoms with Gasteiger partial charge in [0.2, 0.25) is 5.91 Å². The van der Waals surface area contributed by atoms with Gasteiger partial charge in [0.1, 0.15) is 0 Å². The Morgan fingerprint density at radius 1 is 0.974 bits per heavy atom. The van der Waals surface area contributed by atoms with Gasteiger partial charge in [-0.15, -0.1) is 0 Å². The van der Waals surface area contributed by atoms with Crippen LogP contribution in [0.25, 0.3) is 16.8 Å². The maximum atomic E-state index is 13.1. The highest BCUT2D eigenvalue weighted by atomic mass is 16.2. The average Bonchev–Trinajstić information content (AvgIpc) is 3.61. The molecular formula is C31H42N6O. The fourth-order valence-electron chi connectivity index (χ4n) is 6.69. The van der Waals surface area contributed by atoms with Crippen molar-refractivity contribution < 1.29 is 4.79 Å². The Labute approximate surface area is 226 Å². The second-order valence-electron chi connectivity index (χ2n) is 12.1. The fraction of sp³-hybridized carbons (Fsp3) is 0.581. The van der Waals surface area contributed by atoms with Gasteiger partial charge in [0.25, 0.3) is 0 Å². The topological polar surface area (TPSA) is 57.0 Å². The van der Waals surface area contributed by atoms with E-state index in [0.29, 0.717) is 17.9 Å². The second-order valence-corrected chi connectivity index (χ2v) is 12.1. The van der Waals surface area contributed by atoms with Crippen molar-refractivity contribution in [1.29, 1.82) is 0 Å². The molecule has 38 heavy (non-hydrogen) atoms. The van der Waals surface area contributed by atoms with Gasteiger partial charge in [0.15, 0.2) is 0 Å².